The lowest BCUT2D eigenvalue weighted by atomic mass is 10.2. The molecule has 0 spiro atoms. The molecule has 0 atom stereocenters. The second kappa shape index (κ2) is 5.48. The molecule has 3 N–H and O–H groups in total. The first-order valence-corrected chi connectivity index (χ1v) is 8.00. The minimum atomic E-state index is -3.58. The summed E-state index contributed by atoms with van der Waals surface area (Å²) < 4.78 is 31.2. The van der Waals surface area contributed by atoms with Gasteiger partial charge in [-0.1, -0.05) is 0 Å². The average molecular weight is 335 g/mol. The molecule has 0 saturated carbocycles. The molecular formula is C13H13N5O4S. The van der Waals surface area contributed by atoms with Gasteiger partial charge in [-0.25, -0.2) is 22.9 Å². The summed E-state index contributed by atoms with van der Waals surface area (Å²) in [4.78, 5) is 24.7. The number of methoxy groups -OCH3 is 1. The number of ether oxygens (including phenoxy) is 1. The third-order valence-electron chi connectivity index (χ3n) is 3.28. The summed E-state index contributed by atoms with van der Waals surface area (Å²) in [7, 11) is -0.815. The first-order valence-electron chi connectivity index (χ1n) is 6.51. The molecule has 0 saturated heterocycles. The van der Waals surface area contributed by atoms with Crippen molar-refractivity contribution in [3.05, 3.63) is 34.9 Å². The summed E-state index contributed by atoms with van der Waals surface area (Å²) >= 11 is 0. The number of fused-ring (bicyclic) bond motifs is 1. The van der Waals surface area contributed by atoms with Crippen LogP contribution < -0.4 is 15.1 Å². The van der Waals surface area contributed by atoms with Gasteiger partial charge in [0.05, 0.1) is 23.8 Å². The molecule has 2 aromatic heterocycles. The third kappa shape index (κ3) is 2.69. The minimum Gasteiger partial charge on any atom is -0.496 e. The van der Waals surface area contributed by atoms with Crippen LogP contribution >= 0.6 is 0 Å². The van der Waals surface area contributed by atoms with Gasteiger partial charge in [-0.3, -0.25) is 4.98 Å². The molecule has 1 aromatic carbocycles. The minimum absolute atomic E-state index is 0.0757. The van der Waals surface area contributed by atoms with Gasteiger partial charge >= 0.3 is 5.69 Å². The van der Waals surface area contributed by atoms with E-state index in [1.54, 1.807) is 6.07 Å². The quantitative estimate of drug-likeness (QED) is 0.626. The molecular weight excluding hydrogens is 322 g/mol. The van der Waals surface area contributed by atoms with E-state index in [1.165, 1.54) is 32.5 Å². The summed E-state index contributed by atoms with van der Waals surface area (Å²) in [6.45, 7) is 0. The number of nitrogens with zero attached hydrogens (tertiary/aromatic N) is 2. The van der Waals surface area contributed by atoms with E-state index in [0.29, 0.717) is 28.3 Å². The van der Waals surface area contributed by atoms with Crippen molar-refractivity contribution in [1.82, 2.24) is 24.7 Å². The molecule has 2 heterocycles. The van der Waals surface area contributed by atoms with Crippen LogP contribution in [0.2, 0.25) is 0 Å². The molecule has 0 radical (unpaired) electrons. The maximum Gasteiger partial charge on any atom is 0.346 e. The highest BCUT2D eigenvalue weighted by molar-refractivity contribution is 7.89. The Kier molecular flexibility index (Phi) is 3.62. The Labute approximate surface area is 130 Å². The van der Waals surface area contributed by atoms with Crippen LogP contribution in [0, 0.1) is 0 Å². The number of sulfonamides is 1. The lowest BCUT2D eigenvalue weighted by Crippen LogP contribution is -2.18. The highest BCUT2D eigenvalue weighted by Gasteiger charge is 2.17. The van der Waals surface area contributed by atoms with Crippen LogP contribution in [0.3, 0.4) is 0 Å². The van der Waals surface area contributed by atoms with Crippen LogP contribution in [0.4, 0.5) is 0 Å². The number of hydrogen-bond donors (Lipinski definition) is 3. The summed E-state index contributed by atoms with van der Waals surface area (Å²) in [6, 6.07) is 4.42. The van der Waals surface area contributed by atoms with E-state index in [1.807, 2.05) is 0 Å². The van der Waals surface area contributed by atoms with Gasteiger partial charge in [0.25, 0.3) is 0 Å². The van der Waals surface area contributed by atoms with E-state index < -0.39 is 15.7 Å². The van der Waals surface area contributed by atoms with Crippen LogP contribution in [0.5, 0.6) is 5.75 Å². The van der Waals surface area contributed by atoms with Crippen molar-refractivity contribution in [2.75, 3.05) is 14.2 Å². The molecule has 10 heteroatoms. The van der Waals surface area contributed by atoms with Crippen molar-refractivity contribution in [1.29, 1.82) is 0 Å². The fraction of sp³-hybridized carbons (Fsp3) is 0.154. The average Bonchev–Trinajstić information content (AvgIpc) is 2.96. The van der Waals surface area contributed by atoms with E-state index in [-0.39, 0.29) is 4.90 Å². The zero-order valence-corrected chi connectivity index (χ0v) is 13.1. The molecule has 23 heavy (non-hydrogen) atoms. The zero-order valence-electron chi connectivity index (χ0n) is 12.2. The molecule has 0 aliphatic rings. The van der Waals surface area contributed by atoms with Crippen LogP contribution in [-0.2, 0) is 10.0 Å². The Hall–Kier alpha value is -2.72. The molecule has 0 amide bonds. The predicted molar refractivity (Wildman–Crippen MR) is 82.7 cm³/mol. The number of hydrogen-bond acceptors (Lipinski definition) is 6. The van der Waals surface area contributed by atoms with Gasteiger partial charge in [-0.15, -0.1) is 0 Å². The van der Waals surface area contributed by atoms with Gasteiger partial charge in [0.2, 0.25) is 10.0 Å². The van der Waals surface area contributed by atoms with E-state index in [2.05, 4.69) is 24.7 Å². The van der Waals surface area contributed by atoms with E-state index in [0.717, 1.165) is 0 Å². The molecule has 3 rings (SSSR count). The van der Waals surface area contributed by atoms with Gasteiger partial charge in [0, 0.05) is 6.07 Å². The fourth-order valence-electron chi connectivity index (χ4n) is 2.11. The van der Waals surface area contributed by atoms with Crippen molar-refractivity contribution >= 4 is 21.2 Å². The molecule has 0 fully saturated rings. The predicted octanol–water partition coefficient (Wildman–Crippen LogP) is 0.230. The standard InChI is InChI=1S/C13H13N5O4S/c1-14-23(20,21)7-3-4-8(10(5-7)22-2)11-16-9-6-15-13(19)18-12(9)17-11/h3-6,14H,1-2H3,(H2,15,16,17,18,19). The Morgan fingerprint density at radius 2 is 2.04 bits per heavy atom. The Balaban J connectivity index is 2.16. The number of aromatic amines is 2. The highest BCUT2D eigenvalue weighted by atomic mass is 32.2. The normalized spacial score (nSPS) is 11.7. The second-order valence-electron chi connectivity index (χ2n) is 4.61. The number of nitrogens with one attached hydrogen (secondary N) is 3. The first kappa shape index (κ1) is 15.2. The number of rotatable bonds is 4. The maximum atomic E-state index is 11.9. The number of benzene rings is 1. The highest BCUT2D eigenvalue weighted by Crippen LogP contribution is 2.31. The molecule has 3 aromatic rings. The molecule has 9 nitrogen and oxygen atoms in total. The van der Waals surface area contributed by atoms with Gasteiger partial charge in [-0.2, -0.15) is 4.98 Å². The lowest BCUT2D eigenvalue weighted by Gasteiger charge is -2.09. The molecule has 0 unspecified atom stereocenters. The van der Waals surface area contributed by atoms with Crippen LogP contribution in [0.1, 0.15) is 0 Å². The molecule has 0 aliphatic carbocycles. The van der Waals surface area contributed by atoms with Gasteiger partial charge in [0.15, 0.2) is 5.65 Å². The second-order valence-corrected chi connectivity index (χ2v) is 6.49. The zero-order chi connectivity index (χ0) is 16.6. The van der Waals surface area contributed by atoms with Crippen molar-refractivity contribution < 1.29 is 13.2 Å². The SMILES string of the molecule is CNS(=O)(=O)c1ccc(-c2nc3[nH]c(=O)ncc3[nH]2)c(OC)c1. The van der Waals surface area contributed by atoms with Crippen molar-refractivity contribution in [2.45, 2.75) is 4.90 Å². The molecule has 0 aliphatic heterocycles. The maximum absolute atomic E-state index is 11.9. The Morgan fingerprint density at radius 1 is 1.26 bits per heavy atom. The summed E-state index contributed by atoms with van der Waals surface area (Å²) in [5.74, 6) is 0.754. The van der Waals surface area contributed by atoms with Gasteiger partial charge in [0.1, 0.15) is 17.1 Å². The van der Waals surface area contributed by atoms with Crippen molar-refractivity contribution in [2.24, 2.45) is 0 Å². The number of imidazole rings is 1. The summed E-state index contributed by atoms with van der Waals surface area (Å²) in [5, 5.41) is 0. The van der Waals surface area contributed by atoms with E-state index >= 15 is 0 Å². The lowest BCUT2D eigenvalue weighted by molar-refractivity contribution is 0.415. The van der Waals surface area contributed by atoms with Gasteiger partial charge < -0.3 is 9.72 Å². The van der Waals surface area contributed by atoms with E-state index in [4.69, 9.17) is 4.74 Å². The third-order valence-corrected chi connectivity index (χ3v) is 4.69. The Morgan fingerprint density at radius 3 is 2.74 bits per heavy atom. The Bertz CT molecular complexity index is 1040. The topological polar surface area (TPSA) is 130 Å². The van der Waals surface area contributed by atoms with Crippen LogP contribution in [0.25, 0.3) is 22.6 Å². The summed E-state index contributed by atoms with van der Waals surface area (Å²) in [5.41, 5.74) is 0.958. The number of H-pyrrole nitrogens is 2. The largest absolute Gasteiger partial charge is 0.496 e. The van der Waals surface area contributed by atoms with Crippen molar-refractivity contribution in [3.8, 4) is 17.1 Å². The van der Waals surface area contributed by atoms with Gasteiger partial charge in [-0.05, 0) is 19.2 Å². The van der Waals surface area contributed by atoms with Crippen LogP contribution in [0.15, 0.2) is 34.1 Å². The fourth-order valence-corrected chi connectivity index (χ4v) is 2.86. The van der Waals surface area contributed by atoms with E-state index in [9.17, 15) is 13.2 Å². The number of aromatic nitrogens is 4. The molecule has 0 bridgehead atoms. The smallest absolute Gasteiger partial charge is 0.346 e. The first-order chi connectivity index (χ1) is 10.9. The van der Waals surface area contributed by atoms with Crippen molar-refractivity contribution in [3.63, 3.8) is 0 Å². The summed E-state index contributed by atoms with van der Waals surface area (Å²) in [6.07, 6.45) is 1.37. The van der Waals surface area contributed by atoms with Crippen LogP contribution in [-0.4, -0.2) is 42.5 Å². The monoisotopic (exact) mass is 335 g/mol. The molecule has 120 valence electrons.